The molecule has 0 aliphatic rings. The van der Waals surface area contributed by atoms with Crippen LogP contribution in [-0.2, 0) is 10.1 Å². The summed E-state index contributed by atoms with van der Waals surface area (Å²) in [5, 5.41) is 2.56. The molecule has 1 rings (SSSR count). The van der Waals surface area contributed by atoms with E-state index in [0.717, 1.165) is 0 Å². The molecule has 2 N–H and O–H groups in total. The molecule has 0 spiro atoms. The van der Waals surface area contributed by atoms with Gasteiger partial charge in [-0.25, -0.2) is 0 Å². The molecule has 0 saturated heterocycles. The fourth-order valence-electron chi connectivity index (χ4n) is 1.15. The van der Waals surface area contributed by atoms with E-state index in [4.69, 9.17) is 4.55 Å². The monoisotopic (exact) mass is 267 g/mol. The van der Waals surface area contributed by atoms with Crippen LogP contribution in [0.15, 0.2) is 30.3 Å². The van der Waals surface area contributed by atoms with Crippen molar-refractivity contribution in [1.82, 2.24) is 5.32 Å². The average Bonchev–Trinajstić information content (AvgIpc) is 2.24. The van der Waals surface area contributed by atoms with Gasteiger partial charge in [0.1, 0.15) is 0 Å². The quantitative estimate of drug-likeness (QED) is 0.361. The van der Waals surface area contributed by atoms with E-state index >= 15 is 0 Å². The van der Waals surface area contributed by atoms with Gasteiger partial charge in [-0.15, -0.1) is 0 Å². The second-order valence-corrected chi connectivity index (χ2v) is 4.83. The van der Waals surface area contributed by atoms with E-state index in [9.17, 15) is 13.2 Å². The van der Waals surface area contributed by atoms with Crippen LogP contribution >= 0.6 is 0 Å². The normalized spacial score (nSPS) is 10.4. The second-order valence-electron chi connectivity index (χ2n) is 3.26. The Hall–Kier alpha value is -0.400. The molecule has 17 heavy (non-hydrogen) atoms. The molecule has 90 valence electrons. The third-order valence-corrected chi connectivity index (χ3v) is 2.71. The third-order valence-electron chi connectivity index (χ3n) is 1.90. The van der Waals surface area contributed by atoms with Crippen molar-refractivity contribution in [3.05, 3.63) is 35.9 Å². The minimum absolute atomic E-state index is 0. The van der Waals surface area contributed by atoms with Crippen LogP contribution in [0.3, 0.4) is 0 Å². The first-order valence-corrected chi connectivity index (χ1v) is 6.38. The smallest absolute Gasteiger partial charge is 1.00 e. The Kier molecular flexibility index (Phi) is 7.65. The zero-order valence-corrected chi connectivity index (χ0v) is 12.4. The van der Waals surface area contributed by atoms with Crippen LogP contribution in [0.25, 0.3) is 0 Å². The van der Waals surface area contributed by atoms with Crippen molar-refractivity contribution < 1.29 is 48.7 Å². The molecule has 0 radical (unpaired) electrons. The van der Waals surface area contributed by atoms with Gasteiger partial charge in [-0.3, -0.25) is 9.35 Å². The summed E-state index contributed by atoms with van der Waals surface area (Å²) in [6.07, 6.45) is 0.192. The molecule has 0 heterocycles. The summed E-state index contributed by atoms with van der Waals surface area (Å²) in [5.41, 5.74) is 0.523. The van der Waals surface area contributed by atoms with Gasteiger partial charge in [-0.05, 0) is 18.6 Å². The van der Waals surface area contributed by atoms with Crippen molar-refractivity contribution in [2.75, 3.05) is 12.3 Å². The van der Waals surface area contributed by atoms with Crippen molar-refractivity contribution in [3.8, 4) is 0 Å². The fraction of sp³-hybridized carbons (Fsp3) is 0.300. The Morgan fingerprint density at radius 1 is 1.29 bits per heavy atom. The molecule has 0 atom stereocenters. The van der Waals surface area contributed by atoms with Gasteiger partial charge in [0, 0.05) is 12.1 Å². The molecule has 0 unspecified atom stereocenters. The maximum absolute atomic E-state index is 11.4. The molecule has 0 fully saturated rings. The number of hydrogen-bond donors (Lipinski definition) is 2. The van der Waals surface area contributed by atoms with Gasteiger partial charge >= 0.3 is 29.6 Å². The first kappa shape index (κ1) is 16.6. The van der Waals surface area contributed by atoms with Gasteiger partial charge in [0.15, 0.2) is 0 Å². The third kappa shape index (κ3) is 7.51. The number of nitrogens with one attached hydrogen (secondary N) is 1. The summed E-state index contributed by atoms with van der Waals surface area (Å²) in [5.74, 6) is -0.599. The molecule has 0 bridgehead atoms. The van der Waals surface area contributed by atoms with Gasteiger partial charge in [0.05, 0.1) is 5.75 Å². The van der Waals surface area contributed by atoms with Crippen LogP contribution in [0.5, 0.6) is 0 Å². The largest absolute Gasteiger partial charge is 1.00 e. The Bertz CT molecular complexity index is 452. The molecule has 5 nitrogen and oxygen atoms in total. The number of benzene rings is 1. The SMILES string of the molecule is O=C(NCCCS(=O)(=O)O)c1ccccc1.[H-].[Na+]. The van der Waals surface area contributed by atoms with Crippen LogP contribution in [0, 0.1) is 0 Å². The molecule has 0 saturated carbocycles. The van der Waals surface area contributed by atoms with E-state index in [1.54, 1.807) is 30.3 Å². The van der Waals surface area contributed by atoms with Crippen LogP contribution in [0.1, 0.15) is 18.2 Å². The molecule has 0 aromatic heterocycles. The summed E-state index contributed by atoms with van der Waals surface area (Å²) in [6, 6.07) is 8.62. The van der Waals surface area contributed by atoms with Crippen molar-refractivity contribution in [3.63, 3.8) is 0 Å². The Balaban J connectivity index is 0. The fourth-order valence-corrected chi connectivity index (χ4v) is 1.66. The minimum atomic E-state index is -3.94. The number of carbonyl (C=O) groups excluding carboxylic acids is 1. The standard InChI is InChI=1S/C10H13NO4S.Na.H/c12-10(9-5-2-1-3-6-9)11-7-4-8-16(13,14)15;;/h1-3,5-6H,4,7-8H2,(H,11,12)(H,13,14,15);;/q;+1;-1. The van der Waals surface area contributed by atoms with Crippen molar-refractivity contribution in [2.24, 2.45) is 0 Å². The predicted molar refractivity (Wildman–Crippen MR) is 60.9 cm³/mol. The van der Waals surface area contributed by atoms with Gasteiger partial charge in [-0.1, -0.05) is 18.2 Å². The van der Waals surface area contributed by atoms with E-state index < -0.39 is 10.1 Å². The molecular formula is C10H14NNaO4S. The molecule has 1 aromatic rings. The first-order valence-electron chi connectivity index (χ1n) is 4.77. The van der Waals surface area contributed by atoms with E-state index in [0.29, 0.717) is 5.56 Å². The van der Waals surface area contributed by atoms with Crippen LogP contribution in [0.4, 0.5) is 0 Å². The first-order chi connectivity index (χ1) is 7.49. The molecule has 1 amide bonds. The average molecular weight is 267 g/mol. The summed E-state index contributed by atoms with van der Waals surface area (Å²) in [6.45, 7) is 0.216. The van der Waals surface area contributed by atoms with Crippen molar-refractivity contribution in [1.29, 1.82) is 0 Å². The minimum Gasteiger partial charge on any atom is -1.00 e. The predicted octanol–water partition coefficient (Wildman–Crippen LogP) is -2.19. The molecule has 7 heteroatoms. The van der Waals surface area contributed by atoms with Crippen LogP contribution < -0.4 is 34.9 Å². The van der Waals surface area contributed by atoms with E-state index in [-0.39, 0.29) is 55.6 Å². The summed E-state index contributed by atoms with van der Waals surface area (Å²) >= 11 is 0. The molecular weight excluding hydrogens is 253 g/mol. The zero-order chi connectivity index (χ0) is 12.0. The summed E-state index contributed by atoms with van der Waals surface area (Å²) in [4.78, 5) is 11.4. The van der Waals surface area contributed by atoms with E-state index in [2.05, 4.69) is 5.32 Å². The maximum Gasteiger partial charge on any atom is 1.00 e. The van der Waals surface area contributed by atoms with Crippen LogP contribution in [0.2, 0.25) is 0 Å². The Labute approximate surface area is 124 Å². The van der Waals surface area contributed by atoms with Crippen molar-refractivity contribution >= 4 is 16.0 Å². The number of amides is 1. The summed E-state index contributed by atoms with van der Waals surface area (Å²) < 4.78 is 29.2. The van der Waals surface area contributed by atoms with E-state index in [1.165, 1.54) is 0 Å². The number of rotatable bonds is 5. The number of carbonyl (C=O) groups is 1. The topological polar surface area (TPSA) is 83.5 Å². The van der Waals surface area contributed by atoms with Gasteiger partial charge < -0.3 is 6.74 Å². The molecule has 0 aliphatic carbocycles. The van der Waals surface area contributed by atoms with Gasteiger partial charge in [-0.2, -0.15) is 8.42 Å². The molecule has 0 aliphatic heterocycles. The Morgan fingerprint density at radius 2 is 1.88 bits per heavy atom. The second kappa shape index (κ2) is 7.84. The summed E-state index contributed by atoms with van der Waals surface area (Å²) in [7, 11) is -3.94. The maximum atomic E-state index is 11.4. The molecule has 1 aromatic carbocycles. The zero-order valence-electron chi connectivity index (χ0n) is 10.6. The van der Waals surface area contributed by atoms with Gasteiger partial charge in [0.25, 0.3) is 16.0 Å². The number of hydrogen-bond acceptors (Lipinski definition) is 3. The van der Waals surface area contributed by atoms with Crippen molar-refractivity contribution in [2.45, 2.75) is 6.42 Å². The Morgan fingerprint density at radius 3 is 2.41 bits per heavy atom. The van der Waals surface area contributed by atoms with Gasteiger partial charge in [0.2, 0.25) is 0 Å². The van der Waals surface area contributed by atoms with E-state index in [1.807, 2.05) is 0 Å². The van der Waals surface area contributed by atoms with Crippen LogP contribution in [-0.4, -0.2) is 31.2 Å².